The molecule has 1 aromatic carbocycles. The maximum Gasteiger partial charge on any atom is 0.347 e. The Balaban J connectivity index is 1.37. The van der Waals surface area contributed by atoms with Crippen LogP contribution in [0.15, 0.2) is 23.3 Å². The number of carbonyl (C=O) groups excluding carboxylic acids is 2. The number of urea groups is 1. The third kappa shape index (κ3) is 4.43. The van der Waals surface area contributed by atoms with Gasteiger partial charge in [0.2, 0.25) is 0 Å². The van der Waals surface area contributed by atoms with Gasteiger partial charge >= 0.3 is 6.03 Å². The molecule has 0 aromatic heterocycles. The lowest BCUT2D eigenvalue weighted by Gasteiger charge is -2.32. The van der Waals surface area contributed by atoms with Crippen LogP contribution in [0, 0.1) is 6.92 Å². The van der Waals surface area contributed by atoms with E-state index in [2.05, 4.69) is 21.9 Å². The molecule has 1 aromatic rings. The lowest BCUT2D eigenvalue weighted by molar-refractivity contribution is -0.125. The second kappa shape index (κ2) is 8.51. The highest BCUT2D eigenvalue weighted by atomic mass is 16.5. The average Bonchev–Trinajstić information content (AvgIpc) is 2.97. The maximum absolute atomic E-state index is 12.8. The van der Waals surface area contributed by atoms with Crippen molar-refractivity contribution in [2.75, 3.05) is 59.5 Å². The van der Waals surface area contributed by atoms with Crippen LogP contribution in [0.25, 0.3) is 0 Å². The number of fused-ring (bicyclic) bond motifs is 1. The number of nitrogens with zero attached hydrogens (tertiary/aromatic N) is 5. The Morgan fingerprint density at radius 3 is 2.69 bits per heavy atom. The predicted molar refractivity (Wildman–Crippen MR) is 110 cm³/mol. The van der Waals surface area contributed by atoms with Crippen LogP contribution >= 0.6 is 0 Å². The molecule has 0 saturated carbocycles. The largest absolute Gasteiger partial charge is 0.492 e. The van der Waals surface area contributed by atoms with Crippen molar-refractivity contribution in [3.8, 4) is 5.75 Å². The fourth-order valence-corrected chi connectivity index (χ4v) is 3.99. The lowest BCUT2D eigenvalue weighted by Crippen LogP contribution is -2.45. The molecule has 0 aliphatic carbocycles. The van der Waals surface area contributed by atoms with Gasteiger partial charge in [-0.3, -0.25) is 9.69 Å². The first-order valence-corrected chi connectivity index (χ1v) is 10.4. The van der Waals surface area contributed by atoms with Crippen LogP contribution in [-0.4, -0.2) is 96.8 Å². The molecule has 3 heterocycles. The summed E-state index contributed by atoms with van der Waals surface area (Å²) in [5, 5.41) is 5.86. The molecule has 0 N–H and O–H groups in total. The number of carbonyl (C=O) groups is 2. The second-order valence-corrected chi connectivity index (χ2v) is 8.03. The first kappa shape index (κ1) is 19.8. The molecule has 3 aliphatic heterocycles. The van der Waals surface area contributed by atoms with Gasteiger partial charge in [-0.2, -0.15) is 5.10 Å². The summed E-state index contributed by atoms with van der Waals surface area (Å²) in [7, 11) is 2.13. The third-order valence-electron chi connectivity index (χ3n) is 5.77. The Morgan fingerprint density at radius 1 is 1.10 bits per heavy atom. The summed E-state index contributed by atoms with van der Waals surface area (Å²) in [5.74, 6) is 0.608. The van der Waals surface area contributed by atoms with Crippen LogP contribution in [0.3, 0.4) is 0 Å². The first-order chi connectivity index (χ1) is 14.0. The number of ether oxygens (including phenoxy) is 1. The van der Waals surface area contributed by atoms with Crippen LogP contribution in [-0.2, 0) is 4.79 Å². The first-order valence-electron chi connectivity index (χ1n) is 10.4. The summed E-state index contributed by atoms with van der Waals surface area (Å²) in [6, 6.07) is 5.63. The standard InChI is InChI=1S/C21H29N5O3/c1-16-4-5-19-17(14-16)18(6-13-29-19)22-26-15-20(27)25(21(26)28)8-3-7-24-11-9-23(2)10-12-24/h4-5,14H,3,6-13,15H2,1-2H3/b22-18+. The molecule has 0 unspecified atom stereocenters. The Morgan fingerprint density at radius 2 is 1.90 bits per heavy atom. The summed E-state index contributed by atoms with van der Waals surface area (Å²) >= 11 is 0. The Hall–Kier alpha value is -2.45. The minimum atomic E-state index is -0.318. The van der Waals surface area contributed by atoms with Crippen LogP contribution in [0.5, 0.6) is 5.75 Å². The van der Waals surface area contributed by atoms with E-state index < -0.39 is 0 Å². The summed E-state index contributed by atoms with van der Waals surface area (Å²) in [6.07, 6.45) is 1.42. The Labute approximate surface area is 171 Å². The summed E-state index contributed by atoms with van der Waals surface area (Å²) in [6.45, 7) is 8.12. The van der Waals surface area contributed by atoms with E-state index in [-0.39, 0.29) is 18.5 Å². The van der Waals surface area contributed by atoms with Crippen molar-refractivity contribution >= 4 is 17.6 Å². The number of imide groups is 1. The number of rotatable bonds is 5. The zero-order chi connectivity index (χ0) is 20.4. The van der Waals surface area contributed by atoms with Crippen molar-refractivity contribution in [2.45, 2.75) is 19.8 Å². The molecule has 0 atom stereocenters. The highest BCUT2D eigenvalue weighted by Gasteiger charge is 2.36. The highest BCUT2D eigenvalue weighted by molar-refractivity contribution is 6.06. The fourth-order valence-electron chi connectivity index (χ4n) is 3.99. The molecule has 4 rings (SSSR count). The van der Waals surface area contributed by atoms with E-state index in [4.69, 9.17) is 4.74 Å². The fraction of sp³-hybridized carbons (Fsp3) is 0.571. The summed E-state index contributed by atoms with van der Waals surface area (Å²) in [5.41, 5.74) is 2.82. The van der Waals surface area contributed by atoms with Gasteiger partial charge in [0.1, 0.15) is 12.3 Å². The SMILES string of the molecule is Cc1ccc2c(c1)/C(=N/N1CC(=O)N(CCCN3CCN(C)CC3)C1=O)CCO2. The minimum absolute atomic E-state index is 0.0127. The van der Waals surface area contributed by atoms with Crippen molar-refractivity contribution in [1.29, 1.82) is 0 Å². The third-order valence-corrected chi connectivity index (χ3v) is 5.77. The molecule has 2 fully saturated rings. The molecule has 8 nitrogen and oxygen atoms in total. The quantitative estimate of drug-likeness (QED) is 0.700. The number of likely N-dealkylation sites (N-methyl/N-ethyl adjacent to an activating group) is 1. The van der Waals surface area contributed by atoms with E-state index in [0.717, 1.165) is 61.7 Å². The van der Waals surface area contributed by atoms with Crippen LogP contribution in [0.1, 0.15) is 24.0 Å². The van der Waals surface area contributed by atoms with Gasteiger partial charge in [-0.05, 0) is 39.1 Å². The van der Waals surface area contributed by atoms with Gasteiger partial charge in [-0.1, -0.05) is 11.6 Å². The van der Waals surface area contributed by atoms with E-state index in [1.807, 2.05) is 25.1 Å². The lowest BCUT2D eigenvalue weighted by atomic mass is 10.0. The number of benzene rings is 1. The minimum Gasteiger partial charge on any atom is -0.492 e. The molecule has 0 radical (unpaired) electrons. The van der Waals surface area contributed by atoms with E-state index >= 15 is 0 Å². The maximum atomic E-state index is 12.8. The summed E-state index contributed by atoms with van der Waals surface area (Å²) in [4.78, 5) is 31.2. The Kier molecular flexibility index (Phi) is 5.82. The molecule has 0 spiro atoms. The van der Waals surface area contributed by atoms with Crippen LogP contribution in [0.2, 0.25) is 0 Å². The molecule has 3 amide bonds. The van der Waals surface area contributed by atoms with Gasteiger partial charge < -0.3 is 14.5 Å². The molecule has 3 aliphatic rings. The van der Waals surface area contributed by atoms with E-state index in [9.17, 15) is 9.59 Å². The van der Waals surface area contributed by atoms with Crippen molar-refractivity contribution < 1.29 is 14.3 Å². The van der Waals surface area contributed by atoms with Crippen LogP contribution in [0.4, 0.5) is 4.79 Å². The number of hydrogen-bond donors (Lipinski definition) is 0. The molecular weight excluding hydrogens is 370 g/mol. The van der Waals surface area contributed by atoms with Crippen LogP contribution < -0.4 is 4.74 Å². The zero-order valence-corrected chi connectivity index (χ0v) is 17.3. The zero-order valence-electron chi connectivity index (χ0n) is 17.3. The molecule has 156 valence electrons. The molecule has 2 saturated heterocycles. The van der Waals surface area contributed by atoms with Crippen molar-refractivity contribution in [2.24, 2.45) is 5.10 Å². The topological polar surface area (TPSA) is 68.7 Å². The van der Waals surface area contributed by atoms with Gasteiger partial charge in [0, 0.05) is 44.7 Å². The van der Waals surface area contributed by atoms with Gasteiger partial charge in [0.15, 0.2) is 0 Å². The van der Waals surface area contributed by atoms with Gasteiger partial charge in [0.25, 0.3) is 5.91 Å². The van der Waals surface area contributed by atoms with E-state index in [1.54, 1.807) is 0 Å². The predicted octanol–water partition coefficient (Wildman–Crippen LogP) is 1.38. The Bertz CT molecular complexity index is 817. The van der Waals surface area contributed by atoms with Crippen molar-refractivity contribution in [3.05, 3.63) is 29.3 Å². The van der Waals surface area contributed by atoms with E-state index in [0.29, 0.717) is 19.6 Å². The number of aryl methyl sites for hydroxylation is 1. The smallest absolute Gasteiger partial charge is 0.347 e. The average molecular weight is 399 g/mol. The highest BCUT2D eigenvalue weighted by Crippen LogP contribution is 2.27. The monoisotopic (exact) mass is 399 g/mol. The molecular formula is C21H29N5O3. The molecule has 0 bridgehead atoms. The molecule has 8 heteroatoms. The van der Waals surface area contributed by atoms with Gasteiger partial charge in [0.05, 0.1) is 12.3 Å². The van der Waals surface area contributed by atoms with Crippen molar-refractivity contribution in [3.63, 3.8) is 0 Å². The van der Waals surface area contributed by atoms with Crippen molar-refractivity contribution in [1.82, 2.24) is 19.7 Å². The normalized spacial score (nSPS) is 22.3. The number of hydrazone groups is 1. The number of piperazine rings is 1. The summed E-state index contributed by atoms with van der Waals surface area (Å²) < 4.78 is 5.69. The number of amides is 3. The van der Waals surface area contributed by atoms with Gasteiger partial charge in [-0.15, -0.1) is 0 Å². The van der Waals surface area contributed by atoms with E-state index in [1.165, 1.54) is 9.91 Å². The van der Waals surface area contributed by atoms with Gasteiger partial charge in [-0.25, -0.2) is 9.80 Å². The second-order valence-electron chi connectivity index (χ2n) is 8.03. The number of hydrogen-bond acceptors (Lipinski definition) is 6. The molecule has 29 heavy (non-hydrogen) atoms.